The Kier molecular flexibility index (Phi) is 6.76. The predicted octanol–water partition coefficient (Wildman–Crippen LogP) is 2.02. The Morgan fingerprint density at radius 2 is 2.17 bits per heavy atom. The highest BCUT2D eigenvalue weighted by Crippen LogP contribution is 1.99. The van der Waals surface area contributed by atoms with Crippen LogP contribution in [0, 0.1) is 0 Å². The Morgan fingerprint density at radius 3 is 2.67 bits per heavy atom. The lowest BCUT2D eigenvalue weighted by atomic mass is 10.2. The van der Waals surface area contributed by atoms with Crippen molar-refractivity contribution in [1.29, 1.82) is 0 Å². The van der Waals surface area contributed by atoms with Crippen LogP contribution in [-0.4, -0.2) is 12.0 Å². The van der Waals surface area contributed by atoms with Crippen LogP contribution in [0.2, 0.25) is 0 Å². The molecule has 0 aromatic heterocycles. The van der Waals surface area contributed by atoms with E-state index in [2.05, 4.69) is 12.4 Å². The second kappa shape index (κ2) is 7.10. The SMILES string of the molecule is CCCCC(C)NOC(=O)CC. The molecule has 12 heavy (non-hydrogen) atoms. The van der Waals surface area contributed by atoms with E-state index in [4.69, 9.17) is 4.84 Å². The van der Waals surface area contributed by atoms with Crippen molar-refractivity contribution in [2.45, 2.75) is 52.5 Å². The van der Waals surface area contributed by atoms with Gasteiger partial charge in [-0.15, -0.1) is 0 Å². The second-order valence-corrected chi connectivity index (χ2v) is 2.99. The van der Waals surface area contributed by atoms with Crippen LogP contribution in [0.5, 0.6) is 0 Å². The molecule has 0 bridgehead atoms. The van der Waals surface area contributed by atoms with Crippen LogP contribution in [0.4, 0.5) is 0 Å². The van der Waals surface area contributed by atoms with Gasteiger partial charge < -0.3 is 4.84 Å². The summed E-state index contributed by atoms with van der Waals surface area (Å²) in [5.74, 6) is -0.196. The molecule has 1 atom stereocenters. The molecule has 0 aliphatic carbocycles. The van der Waals surface area contributed by atoms with Gasteiger partial charge in [-0.2, -0.15) is 5.48 Å². The zero-order chi connectivity index (χ0) is 9.40. The summed E-state index contributed by atoms with van der Waals surface area (Å²) in [6.07, 6.45) is 3.81. The molecule has 0 aliphatic rings. The molecule has 0 amide bonds. The summed E-state index contributed by atoms with van der Waals surface area (Å²) in [6, 6.07) is 0.264. The Balaban J connectivity index is 3.30. The number of carbonyl (C=O) groups is 1. The van der Waals surface area contributed by atoms with E-state index in [0.717, 1.165) is 12.8 Å². The van der Waals surface area contributed by atoms with Crippen molar-refractivity contribution in [1.82, 2.24) is 5.48 Å². The quantitative estimate of drug-likeness (QED) is 0.624. The lowest BCUT2D eigenvalue weighted by Gasteiger charge is -2.11. The standard InChI is InChI=1S/C9H19NO2/c1-4-6-7-8(3)10-12-9(11)5-2/h8,10H,4-7H2,1-3H3. The van der Waals surface area contributed by atoms with Gasteiger partial charge in [0.2, 0.25) is 0 Å². The highest BCUT2D eigenvalue weighted by atomic mass is 16.7. The highest BCUT2D eigenvalue weighted by Gasteiger charge is 2.03. The summed E-state index contributed by atoms with van der Waals surface area (Å²) >= 11 is 0. The van der Waals surface area contributed by atoms with Crippen LogP contribution in [0.25, 0.3) is 0 Å². The molecule has 1 N–H and O–H groups in total. The molecule has 0 aromatic carbocycles. The molecule has 0 radical (unpaired) electrons. The maximum Gasteiger partial charge on any atom is 0.324 e. The molecule has 0 heterocycles. The topological polar surface area (TPSA) is 38.3 Å². The van der Waals surface area contributed by atoms with Crippen molar-refractivity contribution in [2.75, 3.05) is 0 Å². The number of hydroxylamine groups is 1. The van der Waals surface area contributed by atoms with E-state index in [1.807, 2.05) is 6.92 Å². The second-order valence-electron chi connectivity index (χ2n) is 2.99. The van der Waals surface area contributed by atoms with E-state index in [1.54, 1.807) is 6.92 Å². The van der Waals surface area contributed by atoms with Crippen LogP contribution in [0.1, 0.15) is 46.5 Å². The maximum absolute atomic E-state index is 10.7. The number of rotatable bonds is 6. The molecular weight excluding hydrogens is 154 g/mol. The van der Waals surface area contributed by atoms with Gasteiger partial charge in [-0.05, 0) is 13.3 Å². The van der Waals surface area contributed by atoms with Gasteiger partial charge in [-0.3, -0.25) is 4.79 Å². The number of nitrogens with one attached hydrogen (secondary N) is 1. The highest BCUT2D eigenvalue weighted by molar-refractivity contribution is 5.68. The number of hydrogen-bond donors (Lipinski definition) is 1. The maximum atomic E-state index is 10.7. The van der Waals surface area contributed by atoms with Gasteiger partial charge in [0.25, 0.3) is 0 Å². The molecule has 72 valence electrons. The van der Waals surface area contributed by atoms with E-state index < -0.39 is 0 Å². The van der Waals surface area contributed by atoms with Crippen LogP contribution in [-0.2, 0) is 9.63 Å². The average Bonchev–Trinajstić information content (AvgIpc) is 2.10. The predicted molar refractivity (Wildman–Crippen MR) is 48.5 cm³/mol. The van der Waals surface area contributed by atoms with Crippen molar-refractivity contribution >= 4 is 5.97 Å². The summed E-state index contributed by atoms with van der Waals surface area (Å²) in [7, 11) is 0. The molecule has 0 aromatic rings. The van der Waals surface area contributed by atoms with E-state index in [0.29, 0.717) is 6.42 Å². The molecule has 0 saturated heterocycles. The van der Waals surface area contributed by atoms with Gasteiger partial charge >= 0.3 is 5.97 Å². The monoisotopic (exact) mass is 173 g/mol. The minimum atomic E-state index is -0.196. The first-order chi connectivity index (χ1) is 5.70. The number of hydrogen-bond acceptors (Lipinski definition) is 3. The minimum absolute atomic E-state index is 0.196. The summed E-state index contributed by atoms with van der Waals surface area (Å²) in [4.78, 5) is 15.5. The van der Waals surface area contributed by atoms with Crippen molar-refractivity contribution in [3.05, 3.63) is 0 Å². The largest absolute Gasteiger partial charge is 0.370 e. The van der Waals surface area contributed by atoms with Gasteiger partial charge in [-0.25, -0.2) is 0 Å². The summed E-state index contributed by atoms with van der Waals surface area (Å²) in [6.45, 7) is 5.93. The zero-order valence-corrected chi connectivity index (χ0v) is 8.22. The molecule has 0 spiro atoms. The number of unbranched alkanes of at least 4 members (excludes halogenated alkanes) is 1. The third kappa shape index (κ3) is 6.16. The molecule has 0 aliphatic heterocycles. The molecule has 3 nitrogen and oxygen atoms in total. The van der Waals surface area contributed by atoms with Gasteiger partial charge in [-0.1, -0.05) is 26.7 Å². The Labute approximate surface area is 74.4 Å². The lowest BCUT2D eigenvalue weighted by molar-refractivity contribution is -0.152. The average molecular weight is 173 g/mol. The lowest BCUT2D eigenvalue weighted by Crippen LogP contribution is -2.28. The third-order valence-electron chi connectivity index (χ3n) is 1.65. The third-order valence-corrected chi connectivity index (χ3v) is 1.65. The molecule has 3 heteroatoms. The normalized spacial score (nSPS) is 12.6. The zero-order valence-electron chi connectivity index (χ0n) is 8.22. The summed E-state index contributed by atoms with van der Waals surface area (Å²) < 4.78 is 0. The molecular formula is C9H19NO2. The number of carbonyl (C=O) groups excluding carboxylic acids is 1. The van der Waals surface area contributed by atoms with Crippen LogP contribution in [0.15, 0.2) is 0 Å². The van der Waals surface area contributed by atoms with E-state index in [-0.39, 0.29) is 12.0 Å². The van der Waals surface area contributed by atoms with E-state index >= 15 is 0 Å². The Hall–Kier alpha value is -0.570. The molecule has 0 rings (SSSR count). The summed E-state index contributed by atoms with van der Waals surface area (Å²) in [5, 5.41) is 0. The molecule has 0 fully saturated rings. The van der Waals surface area contributed by atoms with Crippen molar-refractivity contribution < 1.29 is 9.63 Å². The van der Waals surface area contributed by atoms with Crippen LogP contribution < -0.4 is 5.48 Å². The van der Waals surface area contributed by atoms with Crippen molar-refractivity contribution in [2.24, 2.45) is 0 Å². The fourth-order valence-electron chi connectivity index (χ4n) is 0.808. The van der Waals surface area contributed by atoms with Gasteiger partial charge in [0, 0.05) is 12.5 Å². The van der Waals surface area contributed by atoms with Crippen LogP contribution >= 0.6 is 0 Å². The first-order valence-electron chi connectivity index (χ1n) is 4.65. The van der Waals surface area contributed by atoms with E-state index in [9.17, 15) is 4.79 Å². The summed E-state index contributed by atoms with van der Waals surface area (Å²) in [5.41, 5.74) is 2.72. The fourth-order valence-corrected chi connectivity index (χ4v) is 0.808. The van der Waals surface area contributed by atoms with Gasteiger partial charge in [0.05, 0.1) is 0 Å². The Morgan fingerprint density at radius 1 is 1.50 bits per heavy atom. The molecule has 0 saturated carbocycles. The first-order valence-corrected chi connectivity index (χ1v) is 4.65. The van der Waals surface area contributed by atoms with Gasteiger partial charge in [0.15, 0.2) is 0 Å². The minimum Gasteiger partial charge on any atom is -0.370 e. The van der Waals surface area contributed by atoms with Gasteiger partial charge in [0.1, 0.15) is 0 Å². The Bertz CT molecular complexity index is 126. The first kappa shape index (κ1) is 11.4. The van der Waals surface area contributed by atoms with Crippen molar-refractivity contribution in [3.8, 4) is 0 Å². The van der Waals surface area contributed by atoms with Crippen molar-refractivity contribution in [3.63, 3.8) is 0 Å². The smallest absolute Gasteiger partial charge is 0.324 e. The van der Waals surface area contributed by atoms with Crippen LogP contribution in [0.3, 0.4) is 0 Å². The molecule has 1 unspecified atom stereocenters. The van der Waals surface area contributed by atoms with E-state index in [1.165, 1.54) is 6.42 Å². The fraction of sp³-hybridized carbons (Fsp3) is 0.889.